The Morgan fingerprint density at radius 3 is 2.92 bits per heavy atom. The normalized spacial score (nSPS) is 28.5. The third-order valence-corrected chi connectivity index (χ3v) is 2.45. The molecular weight excluding hydrogens is 170 g/mol. The van der Waals surface area contributed by atoms with Gasteiger partial charge in [-0.3, -0.25) is 4.79 Å². The van der Waals surface area contributed by atoms with Crippen LogP contribution in [0.2, 0.25) is 0 Å². The molecule has 0 aromatic rings. The van der Waals surface area contributed by atoms with Crippen molar-refractivity contribution >= 4 is 5.91 Å². The average Bonchev–Trinajstić information content (AvgIpc) is 2.16. The predicted molar refractivity (Wildman–Crippen MR) is 48.3 cm³/mol. The van der Waals surface area contributed by atoms with Crippen LogP contribution in [0.25, 0.3) is 0 Å². The van der Waals surface area contributed by atoms with E-state index < -0.39 is 0 Å². The molecule has 1 fully saturated rings. The third-order valence-electron chi connectivity index (χ3n) is 2.45. The third kappa shape index (κ3) is 2.97. The first kappa shape index (κ1) is 10.5. The Morgan fingerprint density at radius 2 is 2.46 bits per heavy atom. The molecule has 76 valence electrons. The molecule has 1 amide bonds. The van der Waals surface area contributed by atoms with Crippen molar-refractivity contribution in [2.24, 2.45) is 5.41 Å². The molecule has 0 aromatic carbocycles. The number of hydrogen-bond donors (Lipinski definition) is 2. The van der Waals surface area contributed by atoms with Gasteiger partial charge in [0, 0.05) is 25.5 Å². The van der Waals surface area contributed by atoms with Gasteiger partial charge < -0.3 is 15.2 Å². The number of amides is 1. The maximum absolute atomic E-state index is 10.7. The van der Waals surface area contributed by atoms with Crippen LogP contribution in [0.3, 0.4) is 0 Å². The maximum atomic E-state index is 10.7. The molecule has 2 N–H and O–H groups in total. The zero-order valence-electron chi connectivity index (χ0n) is 8.01. The van der Waals surface area contributed by atoms with Crippen LogP contribution in [0, 0.1) is 5.41 Å². The van der Waals surface area contributed by atoms with Crippen molar-refractivity contribution in [1.82, 2.24) is 5.32 Å². The van der Waals surface area contributed by atoms with Crippen LogP contribution in [-0.4, -0.2) is 37.4 Å². The minimum absolute atomic E-state index is 0.0570. The van der Waals surface area contributed by atoms with E-state index in [0.717, 1.165) is 19.4 Å². The first-order valence-corrected chi connectivity index (χ1v) is 4.62. The highest BCUT2D eigenvalue weighted by Crippen LogP contribution is 2.26. The largest absolute Gasteiger partial charge is 0.396 e. The van der Waals surface area contributed by atoms with Gasteiger partial charge >= 0.3 is 0 Å². The topological polar surface area (TPSA) is 58.6 Å². The van der Waals surface area contributed by atoms with Crippen LogP contribution in [0.5, 0.6) is 0 Å². The van der Waals surface area contributed by atoms with Gasteiger partial charge in [-0.05, 0) is 12.8 Å². The molecule has 1 unspecified atom stereocenters. The van der Waals surface area contributed by atoms with Crippen LogP contribution >= 0.6 is 0 Å². The summed E-state index contributed by atoms with van der Waals surface area (Å²) < 4.78 is 5.30. The minimum Gasteiger partial charge on any atom is -0.396 e. The van der Waals surface area contributed by atoms with E-state index in [1.165, 1.54) is 6.92 Å². The zero-order valence-corrected chi connectivity index (χ0v) is 8.01. The molecule has 4 heteroatoms. The predicted octanol–water partition coefficient (Wildman–Crippen LogP) is -0.0884. The fourth-order valence-corrected chi connectivity index (χ4v) is 1.54. The zero-order chi connectivity index (χ0) is 9.73. The van der Waals surface area contributed by atoms with Crippen LogP contribution in [0.4, 0.5) is 0 Å². The van der Waals surface area contributed by atoms with E-state index in [2.05, 4.69) is 5.32 Å². The molecule has 1 heterocycles. The lowest BCUT2D eigenvalue weighted by Crippen LogP contribution is -2.44. The molecule has 1 atom stereocenters. The fourth-order valence-electron chi connectivity index (χ4n) is 1.54. The molecule has 1 saturated heterocycles. The van der Waals surface area contributed by atoms with Gasteiger partial charge in [0.2, 0.25) is 5.91 Å². The quantitative estimate of drug-likeness (QED) is 0.649. The summed E-state index contributed by atoms with van der Waals surface area (Å²) in [4.78, 5) is 10.7. The van der Waals surface area contributed by atoms with Crippen molar-refractivity contribution in [2.75, 3.05) is 26.4 Å². The highest BCUT2D eigenvalue weighted by atomic mass is 16.5. The van der Waals surface area contributed by atoms with E-state index in [1.54, 1.807) is 0 Å². The molecule has 0 radical (unpaired) electrons. The fraction of sp³-hybridized carbons (Fsp3) is 0.889. The molecule has 1 aliphatic heterocycles. The van der Waals surface area contributed by atoms with Crippen molar-refractivity contribution in [3.05, 3.63) is 0 Å². The molecule has 1 aliphatic rings. The smallest absolute Gasteiger partial charge is 0.216 e. The summed E-state index contributed by atoms with van der Waals surface area (Å²) >= 11 is 0. The standard InChI is InChI=1S/C9H17NO3/c1-8(12)10-5-9(6-11)3-2-4-13-7-9/h11H,2-7H2,1H3,(H,10,12). The monoisotopic (exact) mass is 187 g/mol. The van der Waals surface area contributed by atoms with Crippen molar-refractivity contribution in [3.8, 4) is 0 Å². The number of aliphatic hydroxyl groups is 1. The van der Waals surface area contributed by atoms with E-state index in [9.17, 15) is 9.90 Å². The Balaban J connectivity index is 2.42. The summed E-state index contributed by atoms with van der Waals surface area (Å²) in [5.41, 5.74) is -0.246. The number of hydrogen-bond acceptors (Lipinski definition) is 3. The van der Waals surface area contributed by atoms with Crippen LogP contribution in [-0.2, 0) is 9.53 Å². The lowest BCUT2D eigenvalue weighted by atomic mass is 9.83. The molecule has 4 nitrogen and oxygen atoms in total. The number of carbonyl (C=O) groups excluding carboxylic acids is 1. The van der Waals surface area contributed by atoms with Gasteiger partial charge in [-0.2, -0.15) is 0 Å². The van der Waals surface area contributed by atoms with E-state index in [1.807, 2.05) is 0 Å². The van der Waals surface area contributed by atoms with Crippen molar-refractivity contribution < 1.29 is 14.6 Å². The van der Waals surface area contributed by atoms with Gasteiger partial charge in [0.25, 0.3) is 0 Å². The maximum Gasteiger partial charge on any atom is 0.216 e. The van der Waals surface area contributed by atoms with Gasteiger partial charge in [0.05, 0.1) is 13.2 Å². The Hall–Kier alpha value is -0.610. The van der Waals surface area contributed by atoms with Crippen LogP contribution in [0.15, 0.2) is 0 Å². The molecule has 0 aliphatic carbocycles. The number of carbonyl (C=O) groups is 1. The van der Waals surface area contributed by atoms with E-state index >= 15 is 0 Å². The Labute approximate surface area is 78.3 Å². The summed E-state index contributed by atoms with van der Waals surface area (Å²) in [6.07, 6.45) is 1.88. The molecule has 1 rings (SSSR count). The number of ether oxygens (including phenoxy) is 1. The molecular formula is C9H17NO3. The molecule has 0 bridgehead atoms. The number of nitrogens with one attached hydrogen (secondary N) is 1. The summed E-state index contributed by atoms with van der Waals surface area (Å²) in [6.45, 7) is 3.38. The Bertz CT molecular complexity index is 176. The summed E-state index contributed by atoms with van der Waals surface area (Å²) in [5.74, 6) is -0.0570. The van der Waals surface area contributed by atoms with Crippen molar-refractivity contribution in [3.63, 3.8) is 0 Å². The highest BCUT2D eigenvalue weighted by Gasteiger charge is 2.32. The van der Waals surface area contributed by atoms with Crippen molar-refractivity contribution in [2.45, 2.75) is 19.8 Å². The van der Waals surface area contributed by atoms with Crippen LogP contribution in [0.1, 0.15) is 19.8 Å². The molecule has 0 aromatic heterocycles. The van der Waals surface area contributed by atoms with Gasteiger partial charge in [0.1, 0.15) is 0 Å². The van der Waals surface area contributed by atoms with E-state index in [0.29, 0.717) is 13.2 Å². The van der Waals surface area contributed by atoms with Gasteiger partial charge in [-0.1, -0.05) is 0 Å². The first-order chi connectivity index (χ1) is 6.18. The second-order valence-corrected chi connectivity index (χ2v) is 3.72. The van der Waals surface area contributed by atoms with Crippen LogP contribution < -0.4 is 5.32 Å². The Kier molecular flexibility index (Phi) is 3.69. The summed E-state index contributed by atoms with van der Waals surface area (Å²) in [5, 5.41) is 12.0. The SMILES string of the molecule is CC(=O)NCC1(CO)CCCOC1. The Morgan fingerprint density at radius 1 is 1.69 bits per heavy atom. The first-order valence-electron chi connectivity index (χ1n) is 4.62. The summed E-state index contributed by atoms with van der Waals surface area (Å²) in [6, 6.07) is 0. The molecule has 13 heavy (non-hydrogen) atoms. The highest BCUT2D eigenvalue weighted by molar-refractivity contribution is 5.72. The van der Waals surface area contributed by atoms with E-state index in [-0.39, 0.29) is 17.9 Å². The van der Waals surface area contributed by atoms with Gasteiger partial charge in [-0.25, -0.2) is 0 Å². The van der Waals surface area contributed by atoms with Crippen molar-refractivity contribution in [1.29, 1.82) is 0 Å². The molecule has 0 spiro atoms. The van der Waals surface area contributed by atoms with Gasteiger partial charge in [-0.15, -0.1) is 0 Å². The lowest BCUT2D eigenvalue weighted by Gasteiger charge is -2.35. The second kappa shape index (κ2) is 4.58. The molecule has 0 saturated carbocycles. The van der Waals surface area contributed by atoms with Gasteiger partial charge in [0.15, 0.2) is 0 Å². The van der Waals surface area contributed by atoms with E-state index in [4.69, 9.17) is 4.74 Å². The minimum atomic E-state index is -0.246. The average molecular weight is 187 g/mol. The lowest BCUT2D eigenvalue weighted by molar-refractivity contribution is -0.120. The second-order valence-electron chi connectivity index (χ2n) is 3.72. The summed E-state index contributed by atoms with van der Waals surface area (Å²) in [7, 11) is 0. The number of rotatable bonds is 3. The number of aliphatic hydroxyl groups excluding tert-OH is 1.